The van der Waals surface area contributed by atoms with Gasteiger partial charge in [0.25, 0.3) is 0 Å². The van der Waals surface area contributed by atoms with Crippen LogP contribution in [0.4, 0.5) is 0 Å². The normalized spacial score (nSPS) is 13.2. The number of carbonyl (C=O) groups is 1. The number of fused-ring (bicyclic) bond motifs is 1. The van der Waals surface area contributed by atoms with Crippen molar-refractivity contribution in [2.24, 2.45) is 0 Å². The molecule has 6 heteroatoms. The van der Waals surface area contributed by atoms with Crippen molar-refractivity contribution in [2.45, 2.75) is 6.61 Å². The molecule has 2 aromatic carbocycles. The van der Waals surface area contributed by atoms with Crippen LogP contribution in [0.5, 0.6) is 0 Å². The summed E-state index contributed by atoms with van der Waals surface area (Å²) in [6.45, 7) is 0.397. The van der Waals surface area contributed by atoms with Crippen molar-refractivity contribution in [3.8, 4) is 5.69 Å². The van der Waals surface area contributed by atoms with Crippen LogP contribution in [-0.2, 0) is 11.3 Å². The van der Waals surface area contributed by atoms with Crippen LogP contribution in [0, 0.1) is 0 Å². The van der Waals surface area contributed by atoms with Gasteiger partial charge in [0.2, 0.25) is 5.78 Å². The van der Waals surface area contributed by atoms with Crippen molar-refractivity contribution in [3.05, 3.63) is 82.6 Å². The van der Waals surface area contributed by atoms with Gasteiger partial charge in [0.1, 0.15) is 0 Å². The predicted molar refractivity (Wildman–Crippen MR) is 93.0 cm³/mol. The summed E-state index contributed by atoms with van der Waals surface area (Å²) in [5.74, 6) is -0.150. The van der Waals surface area contributed by atoms with Gasteiger partial charge in [0.15, 0.2) is 0 Å². The molecule has 4 nitrogen and oxygen atoms in total. The third kappa shape index (κ3) is 2.47. The third-order valence-electron chi connectivity index (χ3n) is 4.17. The van der Waals surface area contributed by atoms with Crippen molar-refractivity contribution in [1.29, 1.82) is 0 Å². The molecule has 1 aromatic heterocycles. The number of halogens is 1. The molecule has 0 saturated carbocycles. The summed E-state index contributed by atoms with van der Waals surface area (Å²) in [5, 5.41) is 10.3. The summed E-state index contributed by atoms with van der Waals surface area (Å²) in [6.07, 6.45) is 1.81. The molecule has 0 radical (unpaired) electrons. The standard InChI is InChI=1S/C18H13BClNO3/c20-16-5-2-1-4-14(16)18(22)17-6-3-9-21(17)13-8-7-12-11-24-19(23)15(12)10-13/h1-10,23H,11H2. The van der Waals surface area contributed by atoms with Crippen molar-refractivity contribution in [2.75, 3.05) is 0 Å². The Morgan fingerprint density at radius 2 is 2.00 bits per heavy atom. The lowest BCUT2D eigenvalue weighted by molar-refractivity contribution is 0.103. The summed E-state index contributed by atoms with van der Waals surface area (Å²) in [5.41, 5.74) is 3.45. The number of ketones is 1. The van der Waals surface area contributed by atoms with Crippen LogP contribution in [0.15, 0.2) is 60.8 Å². The Bertz CT molecular complexity index is 938. The fourth-order valence-corrected chi connectivity index (χ4v) is 3.15. The first-order valence-corrected chi connectivity index (χ1v) is 7.92. The minimum Gasteiger partial charge on any atom is -0.423 e. The Hall–Kier alpha value is -2.34. The highest BCUT2D eigenvalue weighted by atomic mass is 35.5. The number of nitrogens with zero attached hydrogens (tertiary/aromatic N) is 1. The van der Waals surface area contributed by atoms with Crippen LogP contribution in [0.1, 0.15) is 21.6 Å². The first-order chi connectivity index (χ1) is 11.6. The molecule has 0 amide bonds. The van der Waals surface area contributed by atoms with Crippen molar-refractivity contribution < 1.29 is 14.5 Å². The number of rotatable bonds is 3. The molecule has 1 aliphatic heterocycles. The van der Waals surface area contributed by atoms with E-state index < -0.39 is 7.12 Å². The van der Waals surface area contributed by atoms with E-state index in [1.54, 1.807) is 34.9 Å². The van der Waals surface area contributed by atoms with E-state index in [0.29, 0.717) is 22.9 Å². The second-order valence-electron chi connectivity index (χ2n) is 5.62. The molecule has 1 N–H and O–H groups in total. The number of hydrogen-bond donors (Lipinski definition) is 1. The molecule has 0 aliphatic carbocycles. The Labute approximate surface area is 144 Å². The summed E-state index contributed by atoms with van der Waals surface area (Å²) in [4.78, 5) is 12.8. The quantitative estimate of drug-likeness (QED) is 0.590. The van der Waals surface area contributed by atoms with E-state index in [1.807, 2.05) is 30.5 Å². The highest BCUT2D eigenvalue weighted by Crippen LogP contribution is 2.22. The first kappa shape index (κ1) is 15.2. The molecule has 118 valence electrons. The largest absolute Gasteiger partial charge is 0.491 e. The molecule has 0 saturated heterocycles. The van der Waals surface area contributed by atoms with E-state index in [1.165, 1.54) is 0 Å². The van der Waals surface area contributed by atoms with Crippen LogP contribution in [0.2, 0.25) is 5.02 Å². The maximum absolute atomic E-state index is 12.8. The summed E-state index contributed by atoms with van der Waals surface area (Å²) >= 11 is 6.15. The van der Waals surface area contributed by atoms with Gasteiger partial charge >= 0.3 is 7.12 Å². The monoisotopic (exact) mass is 337 g/mol. The number of carbonyl (C=O) groups excluding carboxylic acids is 1. The van der Waals surface area contributed by atoms with Gasteiger partial charge in [-0.3, -0.25) is 4.79 Å². The van der Waals surface area contributed by atoms with Crippen LogP contribution < -0.4 is 5.46 Å². The minimum atomic E-state index is -0.918. The van der Waals surface area contributed by atoms with Gasteiger partial charge in [-0.1, -0.05) is 29.8 Å². The first-order valence-electron chi connectivity index (χ1n) is 7.54. The molecule has 1 aliphatic rings. The lowest BCUT2D eigenvalue weighted by Gasteiger charge is -2.11. The topological polar surface area (TPSA) is 51.5 Å². The Morgan fingerprint density at radius 3 is 2.83 bits per heavy atom. The number of hydrogen-bond acceptors (Lipinski definition) is 3. The molecule has 0 unspecified atom stereocenters. The lowest BCUT2D eigenvalue weighted by atomic mass is 9.79. The fraction of sp³-hybridized carbons (Fsp3) is 0.0556. The molecular weight excluding hydrogens is 324 g/mol. The SMILES string of the molecule is O=C(c1ccccc1Cl)c1cccn1-c1ccc2c(c1)B(O)OC2. The zero-order chi connectivity index (χ0) is 16.7. The highest BCUT2D eigenvalue weighted by molar-refractivity contribution is 6.61. The molecule has 3 aromatic rings. The zero-order valence-electron chi connectivity index (χ0n) is 12.6. The maximum Gasteiger partial charge on any atom is 0.491 e. The molecule has 0 bridgehead atoms. The molecule has 0 spiro atoms. The lowest BCUT2D eigenvalue weighted by Crippen LogP contribution is -2.28. The van der Waals surface area contributed by atoms with Gasteiger partial charge in [0, 0.05) is 17.4 Å². The Balaban J connectivity index is 1.78. The van der Waals surface area contributed by atoms with E-state index in [-0.39, 0.29) is 5.78 Å². The summed E-state index contributed by atoms with van der Waals surface area (Å²) in [7, 11) is -0.918. The van der Waals surface area contributed by atoms with E-state index in [0.717, 1.165) is 16.7 Å². The van der Waals surface area contributed by atoms with Crippen LogP contribution >= 0.6 is 11.6 Å². The van der Waals surface area contributed by atoms with Crippen LogP contribution in [-0.4, -0.2) is 22.5 Å². The van der Waals surface area contributed by atoms with Crippen molar-refractivity contribution >= 4 is 30.0 Å². The zero-order valence-corrected chi connectivity index (χ0v) is 13.4. The molecule has 0 fully saturated rings. The number of aromatic nitrogens is 1. The van der Waals surface area contributed by atoms with Gasteiger partial charge in [0.05, 0.1) is 17.3 Å². The molecule has 0 atom stereocenters. The second kappa shape index (κ2) is 5.94. The van der Waals surface area contributed by atoms with E-state index >= 15 is 0 Å². The van der Waals surface area contributed by atoms with Crippen LogP contribution in [0.3, 0.4) is 0 Å². The maximum atomic E-state index is 12.8. The van der Waals surface area contributed by atoms with Gasteiger partial charge in [-0.05, 0) is 47.4 Å². The molecule has 2 heterocycles. The summed E-state index contributed by atoms with van der Waals surface area (Å²) in [6, 6.07) is 16.2. The smallest absolute Gasteiger partial charge is 0.423 e. The summed E-state index contributed by atoms with van der Waals surface area (Å²) < 4.78 is 7.01. The third-order valence-corrected chi connectivity index (χ3v) is 4.50. The van der Waals surface area contributed by atoms with E-state index in [4.69, 9.17) is 16.3 Å². The highest BCUT2D eigenvalue weighted by Gasteiger charge is 2.28. The molecule has 24 heavy (non-hydrogen) atoms. The van der Waals surface area contributed by atoms with Crippen molar-refractivity contribution in [1.82, 2.24) is 4.57 Å². The van der Waals surface area contributed by atoms with Gasteiger partial charge in [-0.15, -0.1) is 0 Å². The van der Waals surface area contributed by atoms with E-state index in [9.17, 15) is 9.82 Å². The average molecular weight is 338 g/mol. The minimum absolute atomic E-state index is 0.150. The molecular formula is C18H13BClNO3. The second-order valence-corrected chi connectivity index (χ2v) is 6.03. The van der Waals surface area contributed by atoms with Gasteiger partial charge in [-0.2, -0.15) is 0 Å². The number of benzene rings is 2. The Kier molecular flexibility index (Phi) is 3.77. The Morgan fingerprint density at radius 1 is 1.17 bits per heavy atom. The average Bonchev–Trinajstić information content (AvgIpc) is 3.22. The van der Waals surface area contributed by atoms with Crippen molar-refractivity contribution in [3.63, 3.8) is 0 Å². The predicted octanol–water partition coefficient (Wildman–Crippen LogP) is 2.58. The van der Waals surface area contributed by atoms with Crippen LogP contribution in [0.25, 0.3) is 5.69 Å². The van der Waals surface area contributed by atoms with E-state index in [2.05, 4.69) is 0 Å². The van der Waals surface area contributed by atoms with Gasteiger partial charge in [-0.25, -0.2) is 0 Å². The molecule has 4 rings (SSSR count). The van der Waals surface area contributed by atoms with Gasteiger partial charge < -0.3 is 14.2 Å². The fourth-order valence-electron chi connectivity index (χ4n) is 2.93.